The highest BCUT2D eigenvalue weighted by atomic mass is 35.5. The molecule has 0 aliphatic rings. The zero-order valence-corrected chi connectivity index (χ0v) is 17.9. The lowest BCUT2D eigenvalue weighted by Gasteiger charge is -2.21. The number of nitrogens with zero attached hydrogens (tertiary/aromatic N) is 2. The first-order valence-electron chi connectivity index (χ1n) is 9.15. The van der Waals surface area contributed by atoms with E-state index in [1.165, 1.54) is 11.4 Å². The number of methoxy groups -OCH3 is 1. The van der Waals surface area contributed by atoms with E-state index in [0.717, 1.165) is 10.8 Å². The van der Waals surface area contributed by atoms with Crippen LogP contribution in [0.3, 0.4) is 0 Å². The molecule has 30 heavy (non-hydrogen) atoms. The summed E-state index contributed by atoms with van der Waals surface area (Å²) < 4.78 is 30.7. The van der Waals surface area contributed by atoms with Crippen molar-refractivity contribution in [3.05, 3.63) is 71.4 Å². The minimum absolute atomic E-state index is 0.0237. The maximum atomic E-state index is 12.5. The summed E-state index contributed by atoms with van der Waals surface area (Å²) in [7, 11) is 1.32. The molecule has 0 aliphatic heterocycles. The van der Waals surface area contributed by atoms with Crippen molar-refractivity contribution < 1.29 is 18.3 Å². The Labute approximate surface area is 181 Å². The molecule has 0 spiro atoms. The first-order chi connectivity index (χ1) is 14.4. The normalized spacial score (nSPS) is 12.3. The van der Waals surface area contributed by atoms with Crippen LogP contribution in [0.1, 0.15) is 5.69 Å². The molecular formula is C22H19ClN2O4S. The van der Waals surface area contributed by atoms with E-state index in [1.54, 1.807) is 35.8 Å². The van der Waals surface area contributed by atoms with Crippen LogP contribution >= 0.6 is 11.6 Å². The van der Waals surface area contributed by atoms with Crippen molar-refractivity contribution in [2.75, 3.05) is 11.4 Å². The van der Waals surface area contributed by atoms with Gasteiger partial charge in [-0.2, -0.15) is 0 Å². The lowest BCUT2D eigenvalue weighted by molar-refractivity contribution is -0.141. The van der Waals surface area contributed by atoms with Crippen molar-refractivity contribution in [3.63, 3.8) is 0 Å². The van der Waals surface area contributed by atoms with E-state index in [-0.39, 0.29) is 6.54 Å². The van der Waals surface area contributed by atoms with Gasteiger partial charge in [0.25, 0.3) is 11.3 Å². The van der Waals surface area contributed by atoms with Crippen molar-refractivity contribution in [1.29, 1.82) is 0 Å². The fraction of sp³-hybridized carbons (Fsp3) is 0.136. The van der Waals surface area contributed by atoms with Gasteiger partial charge in [0.05, 0.1) is 24.0 Å². The van der Waals surface area contributed by atoms with Gasteiger partial charge in [0, 0.05) is 16.1 Å². The Balaban J connectivity index is 1.98. The van der Waals surface area contributed by atoms with Gasteiger partial charge >= 0.3 is 5.97 Å². The molecule has 0 bridgehead atoms. The molecule has 0 amide bonds. The summed E-state index contributed by atoms with van der Waals surface area (Å²) in [6.07, 6.45) is 0. The van der Waals surface area contributed by atoms with Gasteiger partial charge in [0.1, 0.15) is 6.54 Å². The summed E-state index contributed by atoms with van der Waals surface area (Å²) in [4.78, 5) is 12.0. The molecule has 1 aromatic heterocycles. The molecule has 1 atom stereocenters. The van der Waals surface area contributed by atoms with Crippen LogP contribution in [0.2, 0.25) is 5.02 Å². The van der Waals surface area contributed by atoms with Gasteiger partial charge < -0.3 is 9.30 Å². The average molecular weight is 443 g/mol. The predicted molar refractivity (Wildman–Crippen MR) is 121 cm³/mol. The zero-order chi connectivity index (χ0) is 21.4. The molecule has 0 radical (unpaired) electrons. The zero-order valence-electron chi connectivity index (χ0n) is 16.3. The Morgan fingerprint density at radius 3 is 2.57 bits per heavy atom. The number of fused-ring (bicyclic) bond motifs is 2. The minimum Gasteiger partial charge on any atom is -0.468 e. The molecule has 0 fully saturated rings. The molecule has 1 unspecified atom stereocenters. The van der Waals surface area contributed by atoms with Crippen molar-refractivity contribution in [3.8, 4) is 0 Å². The van der Waals surface area contributed by atoms with Crippen molar-refractivity contribution in [2.45, 2.75) is 13.5 Å². The number of rotatable bonds is 5. The van der Waals surface area contributed by atoms with Crippen LogP contribution in [0, 0.1) is 6.92 Å². The number of hydrogen-bond donors (Lipinski definition) is 1. The van der Waals surface area contributed by atoms with Crippen LogP contribution in [0.25, 0.3) is 21.7 Å². The van der Waals surface area contributed by atoms with Crippen molar-refractivity contribution >= 4 is 61.9 Å². The van der Waals surface area contributed by atoms with Crippen molar-refractivity contribution in [1.82, 2.24) is 4.57 Å². The highest BCUT2D eigenvalue weighted by molar-refractivity contribution is 7.81. The second-order valence-corrected chi connectivity index (χ2v) is 8.08. The molecule has 3 aromatic carbocycles. The molecule has 6 nitrogen and oxygen atoms in total. The number of anilines is 2. The van der Waals surface area contributed by atoms with Gasteiger partial charge in [0.15, 0.2) is 0 Å². The number of halogens is 1. The van der Waals surface area contributed by atoms with E-state index in [1.807, 2.05) is 36.4 Å². The maximum Gasteiger partial charge on any atom is 0.325 e. The Hall–Kier alpha value is -2.87. The van der Waals surface area contributed by atoms with E-state index >= 15 is 0 Å². The monoisotopic (exact) mass is 442 g/mol. The summed E-state index contributed by atoms with van der Waals surface area (Å²) >= 11 is 3.87. The number of aromatic nitrogens is 1. The third-order valence-corrected chi connectivity index (χ3v) is 6.03. The second-order valence-electron chi connectivity index (χ2n) is 6.81. The molecule has 1 N–H and O–H groups in total. The van der Waals surface area contributed by atoms with Gasteiger partial charge in [0.2, 0.25) is 0 Å². The molecular weight excluding hydrogens is 424 g/mol. The molecule has 4 aromatic rings. The minimum atomic E-state index is -2.36. The van der Waals surface area contributed by atoms with Crippen LogP contribution in [-0.2, 0) is 27.3 Å². The first kappa shape index (κ1) is 20.4. The lowest BCUT2D eigenvalue weighted by Crippen LogP contribution is -2.20. The number of ether oxygens (including phenoxy) is 1. The summed E-state index contributed by atoms with van der Waals surface area (Å²) in [6.45, 7) is 1.77. The second kappa shape index (κ2) is 8.10. The highest BCUT2D eigenvalue weighted by Crippen LogP contribution is 2.40. The van der Waals surface area contributed by atoms with Gasteiger partial charge in [-0.1, -0.05) is 41.9 Å². The SMILES string of the molecule is COC(=O)Cn1c(C)c(N(c2ccc3ccccc3c2)S(=O)O)c2cc(Cl)ccc21. The average Bonchev–Trinajstić information content (AvgIpc) is 2.99. The molecule has 0 saturated carbocycles. The molecule has 0 saturated heterocycles. The van der Waals surface area contributed by atoms with E-state index in [9.17, 15) is 13.6 Å². The van der Waals surface area contributed by atoms with Crippen LogP contribution in [-0.4, -0.2) is 26.4 Å². The Morgan fingerprint density at radius 2 is 1.87 bits per heavy atom. The summed E-state index contributed by atoms with van der Waals surface area (Å²) in [5.41, 5.74) is 2.42. The van der Waals surface area contributed by atoms with Gasteiger partial charge in [-0.05, 0) is 48.0 Å². The fourth-order valence-corrected chi connectivity index (χ4v) is 4.54. The fourth-order valence-electron chi connectivity index (χ4n) is 3.69. The lowest BCUT2D eigenvalue weighted by atomic mass is 10.1. The summed E-state index contributed by atoms with van der Waals surface area (Å²) in [5, 5.41) is 3.12. The van der Waals surface area contributed by atoms with Gasteiger partial charge in [-0.15, -0.1) is 0 Å². The topological polar surface area (TPSA) is 71.8 Å². The van der Waals surface area contributed by atoms with Crippen LogP contribution in [0.4, 0.5) is 11.4 Å². The third kappa shape index (κ3) is 3.56. The van der Waals surface area contributed by atoms with Gasteiger partial charge in [-0.3, -0.25) is 9.35 Å². The number of benzene rings is 3. The molecule has 0 aliphatic carbocycles. The Morgan fingerprint density at radius 1 is 1.13 bits per heavy atom. The predicted octanol–water partition coefficient (Wildman–Crippen LogP) is 5.20. The van der Waals surface area contributed by atoms with E-state index in [4.69, 9.17) is 16.3 Å². The van der Waals surface area contributed by atoms with E-state index in [2.05, 4.69) is 0 Å². The Kier molecular flexibility index (Phi) is 5.51. The smallest absolute Gasteiger partial charge is 0.325 e. The van der Waals surface area contributed by atoms with E-state index in [0.29, 0.717) is 33.0 Å². The third-order valence-electron chi connectivity index (χ3n) is 5.09. The number of carbonyl (C=O) groups excluding carboxylic acids is 1. The van der Waals surface area contributed by atoms with Crippen LogP contribution in [0.5, 0.6) is 0 Å². The number of hydrogen-bond acceptors (Lipinski definition) is 3. The van der Waals surface area contributed by atoms with Crippen LogP contribution in [0.15, 0.2) is 60.7 Å². The number of esters is 1. The van der Waals surface area contributed by atoms with Crippen LogP contribution < -0.4 is 4.31 Å². The van der Waals surface area contributed by atoms with E-state index < -0.39 is 17.2 Å². The highest BCUT2D eigenvalue weighted by Gasteiger charge is 2.25. The number of carbonyl (C=O) groups is 1. The maximum absolute atomic E-state index is 12.5. The Bertz CT molecular complexity index is 1300. The molecule has 154 valence electrons. The van der Waals surface area contributed by atoms with Gasteiger partial charge in [-0.25, -0.2) is 8.51 Å². The quantitative estimate of drug-likeness (QED) is 0.340. The largest absolute Gasteiger partial charge is 0.468 e. The summed E-state index contributed by atoms with van der Waals surface area (Å²) in [5.74, 6) is -0.418. The first-order valence-corrected chi connectivity index (χ1v) is 10.6. The van der Waals surface area contributed by atoms with Crippen molar-refractivity contribution in [2.24, 2.45) is 0 Å². The molecule has 4 rings (SSSR count). The standard InChI is InChI=1S/C22H19ClN2O4S/c1-14-22(19-12-17(23)8-10-20(19)24(14)13-21(26)29-2)25(30(27)28)18-9-7-15-5-3-4-6-16(15)11-18/h3-12H,13H2,1-2H3,(H,27,28). The molecule has 8 heteroatoms. The molecule has 1 heterocycles. The summed E-state index contributed by atoms with van der Waals surface area (Å²) in [6, 6.07) is 18.6.